The lowest BCUT2D eigenvalue weighted by Crippen LogP contribution is -2.31. The summed E-state index contributed by atoms with van der Waals surface area (Å²) in [5.74, 6) is -3.95. The molecule has 3 aliphatic rings. The van der Waals surface area contributed by atoms with Crippen molar-refractivity contribution in [2.75, 3.05) is 5.32 Å². The number of hydrogen-bond acceptors (Lipinski definition) is 8. The number of allylic oxidation sites excluding steroid dienone is 2. The highest BCUT2D eigenvalue weighted by Crippen LogP contribution is 2.26. The van der Waals surface area contributed by atoms with Crippen molar-refractivity contribution in [1.29, 1.82) is 0 Å². The summed E-state index contributed by atoms with van der Waals surface area (Å²) in [7, 11) is 0. The van der Waals surface area contributed by atoms with Gasteiger partial charge in [-0.15, -0.1) is 0 Å². The number of benzene rings is 3. The standard InChI is InChI=1S/C29H16N2O8/c32-24(16-5-8-20-22(12-16)28(36)38-26(20)34)30-18-3-1-2-14(10-18)15-4-7-19(11-15)31-25(33)17-6-9-21-23(13-17)29(37)39-27(21)35/h1-13,19H,(H,30,32)(H,31,33). The molecular weight excluding hydrogens is 504 g/mol. The summed E-state index contributed by atoms with van der Waals surface area (Å²) in [5, 5.41) is 5.61. The second-order valence-electron chi connectivity index (χ2n) is 8.89. The molecule has 1 unspecified atom stereocenters. The summed E-state index contributed by atoms with van der Waals surface area (Å²) in [6.07, 6.45) is 5.44. The van der Waals surface area contributed by atoms with Crippen LogP contribution in [0.1, 0.15) is 67.7 Å². The Hall–Kier alpha value is -5.64. The molecule has 2 N–H and O–H groups in total. The first-order chi connectivity index (χ1) is 18.8. The number of nitrogens with one attached hydrogen (secondary N) is 2. The van der Waals surface area contributed by atoms with Crippen LogP contribution in [-0.2, 0) is 9.47 Å². The molecule has 6 rings (SSSR count). The summed E-state index contributed by atoms with van der Waals surface area (Å²) in [4.78, 5) is 72.3. The normalized spacial score (nSPS) is 16.8. The highest BCUT2D eigenvalue weighted by atomic mass is 16.6. The smallest absolute Gasteiger partial charge is 0.346 e. The Morgan fingerprint density at radius 2 is 1.26 bits per heavy atom. The van der Waals surface area contributed by atoms with Gasteiger partial charge < -0.3 is 20.1 Å². The fourth-order valence-electron chi connectivity index (χ4n) is 4.46. The molecule has 0 saturated carbocycles. The van der Waals surface area contributed by atoms with E-state index in [9.17, 15) is 28.8 Å². The second kappa shape index (κ2) is 9.03. The minimum atomic E-state index is -0.790. The highest BCUT2D eigenvalue weighted by Gasteiger charge is 2.31. The van der Waals surface area contributed by atoms with Gasteiger partial charge in [-0.25, -0.2) is 19.2 Å². The van der Waals surface area contributed by atoms with Crippen LogP contribution in [0.3, 0.4) is 0 Å². The number of rotatable bonds is 5. The lowest BCUT2D eigenvalue weighted by Gasteiger charge is -2.10. The molecule has 0 fully saturated rings. The molecule has 0 spiro atoms. The number of amides is 2. The van der Waals surface area contributed by atoms with Gasteiger partial charge in [0.2, 0.25) is 0 Å². The van der Waals surface area contributed by atoms with Gasteiger partial charge in [0.25, 0.3) is 11.8 Å². The summed E-state index contributed by atoms with van der Waals surface area (Å²) >= 11 is 0. The fraction of sp³-hybridized carbons (Fsp3) is 0.0345. The molecule has 0 aromatic heterocycles. The molecule has 3 aromatic rings. The van der Waals surface area contributed by atoms with Gasteiger partial charge in [-0.2, -0.15) is 0 Å². The zero-order valence-electron chi connectivity index (χ0n) is 19.8. The molecule has 2 aliphatic heterocycles. The number of ether oxygens (including phenoxy) is 2. The average molecular weight is 520 g/mol. The molecule has 39 heavy (non-hydrogen) atoms. The van der Waals surface area contributed by atoms with Gasteiger partial charge in [0.15, 0.2) is 0 Å². The van der Waals surface area contributed by atoms with Crippen molar-refractivity contribution in [2.45, 2.75) is 6.04 Å². The quantitative estimate of drug-likeness (QED) is 0.385. The molecule has 2 heterocycles. The van der Waals surface area contributed by atoms with E-state index in [4.69, 9.17) is 0 Å². The molecule has 190 valence electrons. The second-order valence-corrected chi connectivity index (χ2v) is 8.89. The predicted octanol–water partition coefficient (Wildman–Crippen LogP) is 3.31. The summed E-state index contributed by atoms with van der Waals surface area (Å²) < 4.78 is 9.12. The van der Waals surface area contributed by atoms with Crippen LogP contribution >= 0.6 is 0 Å². The lowest BCUT2D eigenvalue weighted by molar-refractivity contribution is 0.0425. The van der Waals surface area contributed by atoms with E-state index in [1.54, 1.807) is 24.3 Å². The van der Waals surface area contributed by atoms with Gasteiger partial charge in [-0.3, -0.25) is 9.59 Å². The third-order valence-electron chi connectivity index (χ3n) is 6.41. The molecule has 1 atom stereocenters. The zero-order valence-corrected chi connectivity index (χ0v) is 19.8. The van der Waals surface area contributed by atoms with Gasteiger partial charge in [0, 0.05) is 16.8 Å². The van der Waals surface area contributed by atoms with E-state index in [2.05, 4.69) is 20.1 Å². The maximum atomic E-state index is 12.8. The Morgan fingerprint density at radius 3 is 1.90 bits per heavy atom. The number of cyclic esters (lactones) is 4. The van der Waals surface area contributed by atoms with Crippen molar-refractivity contribution < 1.29 is 38.2 Å². The molecular formula is C29H16N2O8. The summed E-state index contributed by atoms with van der Waals surface area (Å²) in [6.45, 7) is 0. The molecule has 3 aromatic carbocycles. The summed E-state index contributed by atoms with van der Waals surface area (Å²) in [6, 6.07) is 14.9. The van der Waals surface area contributed by atoms with E-state index >= 15 is 0 Å². The van der Waals surface area contributed by atoms with Crippen LogP contribution in [0.15, 0.2) is 78.9 Å². The molecule has 10 nitrogen and oxygen atoms in total. The van der Waals surface area contributed by atoms with Crippen molar-refractivity contribution >= 4 is 47.0 Å². The number of fused-ring (bicyclic) bond motifs is 2. The van der Waals surface area contributed by atoms with Crippen molar-refractivity contribution in [1.82, 2.24) is 5.32 Å². The number of carbonyl (C=O) groups is 6. The third-order valence-corrected chi connectivity index (χ3v) is 6.41. The number of esters is 4. The summed E-state index contributed by atoms with van der Waals surface area (Å²) in [5.41, 5.74) is 2.83. The van der Waals surface area contributed by atoms with Gasteiger partial charge in [0.05, 0.1) is 28.3 Å². The van der Waals surface area contributed by atoms with E-state index in [1.807, 2.05) is 18.2 Å². The van der Waals surface area contributed by atoms with E-state index < -0.39 is 41.7 Å². The van der Waals surface area contributed by atoms with Crippen LogP contribution in [0.25, 0.3) is 5.57 Å². The van der Waals surface area contributed by atoms with Gasteiger partial charge in [-0.1, -0.05) is 30.4 Å². The SMILES string of the molecule is O=C(Nc1cccc(C2=CC(NC(=O)c3ccc4c(c3)C(=O)OC4=O)C=C2)c1)c1ccc2c(c1)C(=O)OC2=O. The molecule has 10 heteroatoms. The Bertz CT molecular complexity index is 1730. The van der Waals surface area contributed by atoms with Gasteiger partial charge in [-0.05, 0) is 59.7 Å². The lowest BCUT2D eigenvalue weighted by atomic mass is 10.0. The number of hydrogen-bond donors (Lipinski definition) is 2. The zero-order chi connectivity index (χ0) is 27.3. The minimum Gasteiger partial charge on any atom is -0.386 e. The average Bonchev–Trinajstić information content (AvgIpc) is 3.59. The van der Waals surface area contributed by atoms with Crippen LogP contribution in [0.4, 0.5) is 5.69 Å². The first kappa shape index (κ1) is 23.7. The van der Waals surface area contributed by atoms with E-state index in [1.165, 1.54) is 36.4 Å². The predicted molar refractivity (Wildman–Crippen MR) is 135 cm³/mol. The van der Waals surface area contributed by atoms with Crippen LogP contribution in [0, 0.1) is 0 Å². The highest BCUT2D eigenvalue weighted by molar-refractivity contribution is 6.17. The first-order valence-electron chi connectivity index (χ1n) is 11.7. The van der Waals surface area contributed by atoms with Crippen molar-refractivity contribution in [3.63, 3.8) is 0 Å². The van der Waals surface area contributed by atoms with Crippen LogP contribution in [0.5, 0.6) is 0 Å². The minimum absolute atomic E-state index is 0.0454. The fourth-order valence-corrected chi connectivity index (χ4v) is 4.46. The van der Waals surface area contributed by atoms with E-state index in [0.717, 1.165) is 11.1 Å². The first-order valence-corrected chi connectivity index (χ1v) is 11.7. The third kappa shape index (κ3) is 4.29. The number of carbonyl (C=O) groups excluding carboxylic acids is 6. The molecule has 1 aliphatic carbocycles. The Morgan fingerprint density at radius 1 is 0.667 bits per heavy atom. The number of anilines is 1. The Balaban J connectivity index is 1.14. The van der Waals surface area contributed by atoms with E-state index in [-0.39, 0.29) is 33.4 Å². The van der Waals surface area contributed by atoms with Crippen molar-refractivity contribution in [3.8, 4) is 0 Å². The largest absolute Gasteiger partial charge is 0.386 e. The monoisotopic (exact) mass is 520 g/mol. The molecule has 0 radical (unpaired) electrons. The van der Waals surface area contributed by atoms with Gasteiger partial charge >= 0.3 is 23.9 Å². The maximum absolute atomic E-state index is 12.8. The maximum Gasteiger partial charge on any atom is 0.346 e. The van der Waals surface area contributed by atoms with Crippen molar-refractivity contribution in [2.24, 2.45) is 0 Å². The Labute approximate surface area is 219 Å². The molecule has 0 saturated heterocycles. The van der Waals surface area contributed by atoms with Crippen LogP contribution in [0.2, 0.25) is 0 Å². The van der Waals surface area contributed by atoms with Crippen LogP contribution < -0.4 is 10.6 Å². The molecule has 2 amide bonds. The topological polar surface area (TPSA) is 145 Å². The van der Waals surface area contributed by atoms with Crippen molar-refractivity contribution in [3.05, 3.63) is 118 Å². The van der Waals surface area contributed by atoms with E-state index in [0.29, 0.717) is 5.69 Å². The van der Waals surface area contributed by atoms with Crippen LogP contribution in [-0.4, -0.2) is 41.7 Å². The molecule has 0 bridgehead atoms. The van der Waals surface area contributed by atoms with Gasteiger partial charge in [0.1, 0.15) is 0 Å². The Kier molecular flexibility index (Phi) is 5.50.